The highest BCUT2D eigenvalue weighted by Gasteiger charge is 2.21. The van der Waals surface area contributed by atoms with Crippen molar-refractivity contribution >= 4 is 28.9 Å². The number of H-pyrrole nitrogens is 1. The van der Waals surface area contributed by atoms with Gasteiger partial charge in [0.05, 0.1) is 22.3 Å². The number of imidazole rings is 1. The van der Waals surface area contributed by atoms with Crippen molar-refractivity contribution < 1.29 is 9.59 Å². The van der Waals surface area contributed by atoms with E-state index in [9.17, 15) is 14.4 Å². The molecule has 1 aromatic carbocycles. The highest BCUT2D eigenvalue weighted by atomic mass is 16.2. The number of nitrogens with zero attached hydrogens (tertiary/aromatic N) is 5. The van der Waals surface area contributed by atoms with Crippen molar-refractivity contribution in [3.8, 4) is 22.4 Å². The van der Waals surface area contributed by atoms with Crippen LogP contribution in [0.15, 0.2) is 53.6 Å². The lowest BCUT2D eigenvalue weighted by molar-refractivity contribution is 0.0663. The highest BCUT2D eigenvalue weighted by molar-refractivity contribution is 5.99. The van der Waals surface area contributed by atoms with E-state index in [0.717, 1.165) is 24.2 Å². The third kappa shape index (κ3) is 5.14. The number of aryl methyl sites for hydroxylation is 1. The van der Waals surface area contributed by atoms with Crippen LogP contribution in [0, 0.1) is 0 Å². The lowest BCUT2D eigenvalue weighted by Gasteiger charge is -2.32. The summed E-state index contributed by atoms with van der Waals surface area (Å²) in [6, 6.07) is 10.4. The van der Waals surface area contributed by atoms with E-state index in [1.807, 2.05) is 37.1 Å². The Balaban J connectivity index is 1.54. The fraction of sp³-hybridized carbons (Fsp3) is 0.296. The zero-order chi connectivity index (χ0) is 26.8. The monoisotopic (exact) mass is 514 g/mol. The molecule has 3 aromatic heterocycles. The van der Waals surface area contributed by atoms with Gasteiger partial charge in [-0.15, -0.1) is 0 Å². The molecule has 38 heavy (non-hydrogen) atoms. The Kier molecular flexibility index (Phi) is 6.93. The molecule has 1 fully saturated rings. The predicted octanol–water partition coefficient (Wildman–Crippen LogP) is 2.52. The van der Waals surface area contributed by atoms with Gasteiger partial charge >= 0.3 is 6.03 Å². The number of aromatic amines is 1. The summed E-state index contributed by atoms with van der Waals surface area (Å²) in [6.07, 6.45) is 3.31. The van der Waals surface area contributed by atoms with Crippen LogP contribution in [0.3, 0.4) is 0 Å². The van der Waals surface area contributed by atoms with Gasteiger partial charge in [0, 0.05) is 63.8 Å². The molecule has 5 rings (SSSR count). The summed E-state index contributed by atoms with van der Waals surface area (Å²) < 4.78 is 1.51. The average molecular weight is 515 g/mol. The lowest BCUT2D eigenvalue weighted by atomic mass is 10.00. The first kappa shape index (κ1) is 25.2. The molecule has 11 nitrogen and oxygen atoms in total. The molecule has 1 saturated heterocycles. The third-order valence-corrected chi connectivity index (χ3v) is 6.67. The Morgan fingerprint density at radius 2 is 1.82 bits per heavy atom. The van der Waals surface area contributed by atoms with Crippen LogP contribution in [-0.4, -0.2) is 81.0 Å². The average Bonchev–Trinajstić information content (AvgIpc) is 3.32. The number of piperazine rings is 1. The smallest absolute Gasteiger partial charge is 0.321 e. The number of urea groups is 1. The van der Waals surface area contributed by atoms with Crippen LogP contribution < -0.4 is 16.2 Å². The van der Waals surface area contributed by atoms with Crippen LogP contribution >= 0.6 is 0 Å². The summed E-state index contributed by atoms with van der Waals surface area (Å²) >= 11 is 0. The molecule has 196 valence electrons. The lowest BCUT2D eigenvalue weighted by Crippen LogP contribution is -2.47. The molecule has 4 aromatic rings. The number of hydrogen-bond acceptors (Lipinski definition) is 6. The van der Waals surface area contributed by atoms with Gasteiger partial charge in [-0.05, 0) is 55.4 Å². The van der Waals surface area contributed by atoms with E-state index in [1.54, 1.807) is 37.6 Å². The number of benzene rings is 1. The maximum absolute atomic E-state index is 13.0. The van der Waals surface area contributed by atoms with Crippen LogP contribution in [0.2, 0.25) is 0 Å². The summed E-state index contributed by atoms with van der Waals surface area (Å²) in [5.74, 6) is 0.250. The van der Waals surface area contributed by atoms with Gasteiger partial charge in [0.1, 0.15) is 0 Å². The second-order valence-electron chi connectivity index (χ2n) is 9.38. The molecule has 0 atom stereocenters. The molecule has 0 spiro atoms. The topological polar surface area (TPSA) is 128 Å². The summed E-state index contributed by atoms with van der Waals surface area (Å²) in [5, 5.41) is 5.39. The van der Waals surface area contributed by atoms with Crippen LogP contribution in [0.5, 0.6) is 0 Å². The van der Waals surface area contributed by atoms with E-state index in [0.29, 0.717) is 47.5 Å². The maximum Gasteiger partial charge on any atom is 0.321 e. The molecule has 0 radical (unpaired) electrons. The van der Waals surface area contributed by atoms with Crippen molar-refractivity contribution in [3.05, 3.63) is 64.7 Å². The van der Waals surface area contributed by atoms with Crippen molar-refractivity contribution in [1.29, 1.82) is 0 Å². The summed E-state index contributed by atoms with van der Waals surface area (Å²) in [5.41, 5.74) is 4.53. The number of amides is 3. The quantitative estimate of drug-likeness (QED) is 0.376. The fourth-order valence-corrected chi connectivity index (χ4v) is 4.45. The number of likely N-dealkylation sites (N-methyl/N-ethyl adjacent to an activating group) is 1. The Morgan fingerprint density at radius 1 is 1.03 bits per heavy atom. The number of hydrogen-bond donors (Lipinski definition) is 3. The van der Waals surface area contributed by atoms with Crippen LogP contribution in [0.25, 0.3) is 33.4 Å². The highest BCUT2D eigenvalue weighted by Crippen LogP contribution is 2.33. The van der Waals surface area contributed by atoms with E-state index >= 15 is 0 Å². The largest absolute Gasteiger partial charge is 0.338 e. The number of carbonyl (C=O) groups excluding carboxylic acids is 2. The Hall–Kier alpha value is -4.51. The number of pyridine rings is 2. The molecule has 0 saturated carbocycles. The normalized spacial score (nSPS) is 14.0. The van der Waals surface area contributed by atoms with Gasteiger partial charge in [-0.1, -0.05) is 0 Å². The molecule has 0 unspecified atom stereocenters. The van der Waals surface area contributed by atoms with Gasteiger partial charge in [0.25, 0.3) is 11.5 Å². The predicted molar refractivity (Wildman–Crippen MR) is 146 cm³/mol. The standard InChI is InChI=1S/C27H30N8O3/c1-4-28-27(38)32-26-30-22-14-19(17-7-8-34(3)23(36)15-17)13-20(24(22)31-26)21-6-5-18(16-29-21)25(37)35-11-9-33(2)10-12-35/h5-8,13-16H,4,9-12H2,1-3H3,(H3,28,30,31,32,38). The molecule has 1 aliphatic rings. The van der Waals surface area contributed by atoms with Crippen molar-refractivity contribution in [1.82, 2.24) is 34.6 Å². The van der Waals surface area contributed by atoms with E-state index in [1.165, 1.54) is 4.57 Å². The second-order valence-corrected chi connectivity index (χ2v) is 9.38. The third-order valence-electron chi connectivity index (χ3n) is 6.67. The SMILES string of the molecule is CCNC(=O)Nc1nc2c(-c3ccc(C(=O)N4CCN(C)CC4)cn3)cc(-c3ccn(C)c(=O)c3)cc2[nH]1. The van der Waals surface area contributed by atoms with Crippen molar-refractivity contribution in [3.63, 3.8) is 0 Å². The zero-order valence-corrected chi connectivity index (χ0v) is 21.6. The second kappa shape index (κ2) is 10.5. The minimum atomic E-state index is -0.371. The van der Waals surface area contributed by atoms with Gasteiger partial charge < -0.3 is 24.7 Å². The van der Waals surface area contributed by atoms with Crippen LogP contribution in [0.1, 0.15) is 17.3 Å². The fourth-order valence-electron chi connectivity index (χ4n) is 4.45. The van der Waals surface area contributed by atoms with Crippen molar-refractivity contribution in [2.45, 2.75) is 6.92 Å². The van der Waals surface area contributed by atoms with Crippen molar-refractivity contribution in [2.75, 3.05) is 45.1 Å². The van der Waals surface area contributed by atoms with E-state index < -0.39 is 0 Å². The summed E-state index contributed by atoms with van der Waals surface area (Å²) in [7, 11) is 3.75. The summed E-state index contributed by atoms with van der Waals surface area (Å²) in [6.45, 7) is 5.37. The zero-order valence-electron chi connectivity index (χ0n) is 21.6. The van der Waals surface area contributed by atoms with Gasteiger partial charge in [0.15, 0.2) is 0 Å². The molecule has 3 N–H and O–H groups in total. The minimum absolute atomic E-state index is 0.0376. The molecule has 4 heterocycles. The number of fused-ring (bicyclic) bond motifs is 1. The number of aromatic nitrogens is 4. The first-order valence-electron chi connectivity index (χ1n) is 12.5. The Labute approximate surface area is 219 Å². The van der Waals surface area contributed by atoms with Gasteiger partial charge in [-0.2, -0.15) is 0 Å². The van der Waals surface area contributed by atoms with Gasteiger partial charge in [0.2, 0.25) is 5.95 Å². The van der Waals surface area contributed by atoms with Crippen LogP contribution in [-0.2, 0) is 7.05 Å². The van der Waals surface area contributed by atoms with E-state index in [2.05, 4.69) is 30.5 Å². The molecule has 1 aliphatic heterocycles. The van der Waals surface area contributed by atoms with Gasteiger partial charge in [-0.3, -0.25) is 19.9 Å². The Morgan fingerprint density at radius 3 is 2.50 bits per heavy atom. The molecular formula is C27H30N8O3. The Bertz CT molecular complexity index is 1550. The maximum atomic E-state index is 13.0. The number of carbonyl (C=O) groups is 2. The van der Waals surface area contributed by atoms with Gasteiger partial charge in [-0.25, -0.2) is 9.78 Å². The molecule has 0 aliphatic carbocycles. The minimum Gasteiger partial charge on any atom is -0.338 e. The first-order valence-corrected chi connectivity index (χ1v) is 12.5. The van der Waals surface area contributed by atoms with Crippen LogP contribution in [0.4, 0.5) is 10.7 Å². The number of nitrogens with one attached hydrogen (secondary N) is 3. The summed E-state index contributed by atoms with van der Waals surface area (Å²) in [4.78, 5) is 53.8. The molecule has 11 heteroatoms. The first-order chi connectivity index (χ1) is 18.3. The molecular weight excluding hydrogens is 484 g/mol. The van der Waals surface area contributed by atoms with E-state index in [-0.39, 0.29) is 23.4 Å². The number of anilines is 1. The molecule has 0 bridgehead atoms. The number of rotatable bonds is 5. The molecule has 3 amide bonds. The van der Waals surface area contributed by atoms with Crippen molar-refractivity contribution in [2.24, 2.45) is 7.05 Å². The van der Waals surface area contributed by atoms with E-state index in [4.69, 9.17) is 0 Å².